The average Bonchev–Trinajstić information content (AvgIpc) is 3.07. The van der Waals surface area contributed by atoms with Crippen molar-refractivity contribution < 1.29 is 22.7 Å². The second-order valence-corrected chi connectivity index (χ2v) is 7.11. The minimum Gasteiger partial charge on any atom is -0.476 e. The van der Waals surface area contributed by atoms with E-state index in [0.29, 0.717) is 19.0 Å². The number of terminal acetylenes is 1. The summed E-state index contributed by atoms with van der Waals surface area (Å²) in [6.07, 6.45) is 2.82. The molecule has 1 aromatic rings. The number of pyridine rings is 1. The molecule has 2 heterocycles. The predicted molar refractivity (Wildman–Crippen MR) is 94.9 cm³/mol. The molecule has 1 amide bonds. The highest BCUT2D eigenvalue weighted by atomic mass is 19.4. The van der Waals surface area contributed by atoms with Crippen LogP contribution in [0.25, 0.3) is 0 Å². The van der Waals surface area contributed by atoms with Crippen LogP contribution in [-0.2, 0) is 11.0 Å². The van der Waals surface area contributed by atoms with Crippen molar-refractivity contribution in [2.45, 2.75) is 50.5 Å². The third-order valence-electron chi connectivity index (χ3n) is 4.38. The van der Waals surface area contributed by atoms with E-state index in [9.17, 15) is 23.2 Å². The van der Waals surface area contributed by atoms with Crippen molar-refractivity contribution in [3.63, 3.8) is 0 Å². The molecule has 2 rings (SSSR count). The number of nitriles is 1. The van der Waals surface area contributed by atoms with Crippen molar-refractivity contribution in [2.75, 3.05) is 13.2 Å². The Bertz CT molecular complexity index is 756. The molecule has 150 valence electrons. The van der Waals surface area contributed by atoms with E-state index in [0.717, 1.165) is 12.1 Å². The maximum Gasteiger partial charge on any atom is 0.417 e. The lowest BCUT2D eigenvalue weighted by Crippen LogP contribution is -2.51. The fraction of sp³-hybridized carbons (Fsp3) is 0.526. The normalized spacial score (nSPS) is 19.8. The average molecular weight is 394 g/mol. The van der Waals surface area contributed by atoms with Crippen molar-refractivity contribution in [3.8, 4) is 24.3 Å². The van der Waals surface area contributed by atoms with Gasteiger partial charge in [-0.05, 0) is 32.8 Å². The number of halogens is 3. The highest BCUT2D eigenvalue weighted by molar-refractivity contribution is 5.80. The first-order valence-corrected chi connectivity index (χ1v) is 8.65. The summed E-state index contributed by atoms with van der Waals surface area (Å²) in [6.45, 7) is 3.57. The molecule has 2 atom stereocenters. The molecular formula is C19H21F3N4O2. The van der Waals surface area contributed by atoms with E-state index in [1.54, 1.807) is 13.8 Å². The summed E-state index contributed by atoms with van der Waals surface area (Å²) in [5.74, 6) is 2.29. The second-order valence-electron chi connectivity index (χ2n) is 7.11. The highest BCUT2D eigenvalue weighted by Crippen LogP contribution is 2.29. The molecule has 1 aliphatic rings. The number of amides is 1. The van der Waals surface area contributed by atoms with Crippen molar-refractivity contribution >= 4 is 5.91 Å². The van der Waals surface area contributed by atoms with Crippen LogP contribution in [0.3, 0.4) is 0 Å². The number of hydrogen-bond acceptors (Lipinski definition) is 5. The zero-order chi connectivity index (χ0) is 20.9. The fourth-order valence-electron chi connectivity index (χ4n) is 2.79. The summed E-state index contributed by atoms with van der Waals surface area (Å²) in [7, 11) is 0. The maximum atomic E-state index is 12.5. The van der Waals surface area contributed by atoms with Gasteiger partial charge in [-0.1, -0.05) is 5.92 Å². The molecule has 0 saturated carbocycles. The van der Waals surface area contributed by atoms with E-state index in [4.69, 9.17) is 11.2 Å². The predicted octanol–water partition coefficient (Wildman–Crippen LogP) is 2.36. The Labute approximate surface area is 161 Å². The number of nitrogens with one attached hydrogen (secondary N) is 1. The van der Waals surface area contributed by atoms with Crippen LogP contribution in [0.4, 0.5) is 13.2 Å². The Morgan fingerprint density at radius 2 is 2.07 bits per heavy atom. The fourth-order valence-corrected chi connectivity index (χ4v) is 2.79. The number of rotatable bonds is 6. The Morgan fingerprint density at radius 3 is 2.61 bits per heavy atom. The zero-order valence-corrected chi connectivity index (χ0v) is 15.6. The quantitative estimate of drug-likeness (QED) is 0.750. The van der Waals surface area contributed by atoms with Gasteiger partial charge in [-0.2, -0.15) is 18.4 Å². The molecule has 6 nitrogen and oxygen atoms in total. The van der Waals surface area contributed by atoms with Crippen LogP contribution in [0, 0.1) is 23.7 Å². The van der Waals surface area contributed by atoms with Gasteiger partial charge in [0.2, 0.25) is 11.8 Å². The van der Waals surface area contributed by atoms with E-state index < -0.39 is 29.4 Å². The van der Waals surface area contributed by atoms with Gasteiger partial charge in [0.1, 0.15) is 12.6 Å². The summed E-state index contributed by atoms with van der Waals surface area (Å²) in [5.41, 5.74) is -1.53. The van der Waals surface area contributed by atoms with Crippen LogP contribution in [0.1, 0.15) is 32.3 Å². The number of carbonyl (C=O) groups excluding carboxylic acids is 1. The third-order valence-corrected chi connectivity index (χ3v) is 4.38. The summed E-state index contributed by atoms with van der Waals surface area (Å²) >= 11 is 0. The number of ether oxygens (including phenoxy) is 1. The minimum absolute atomic E-state index is 0.0469. The molecule has 1 aromatic heterocycles. The first kappa shape index (κ1) is 21.5. The van der Waals surface area contributed by atoms with Crippen LogP contribution in [0.5, 0.6) is 5.88 Å². The van der Waals surface area contributed by atoms with E-state index in [-0.39, 0.29) is 24.9 Å². The molecule has 0 spiro atoms. The molecule has 9 heteroatoms. The van der Waals surface area contributed by atoms with Crippen molar-refractivity contribution in [2.24, 2.45) is 0 Å². The topological polar surface area (TPSA) is 78.2 Å². The van der Waals surface area contributed by atoms with E-state index in [1.807, 2.05) is 0 Å². The Balaban J connectivity index is 1.89. The smallest absolute Gasteiger partial charge is 0.417 e. The van der Waals surface area contributed by atoms with E-state index in [1.165, 1.54) is 4.90 Å². The molecule has 0 bridgehead atoms. The first-order chi connectivity index (χ1) is 13.1. The minimum atomic E-state index is -4.46. The van der Waals surface area contributed by atoms with E-state index >= 15 is 0 Å². The lowest BCUT2D eigenvalue weighted by molar-refractivity contribution is -0.137. The molecule has 1 saturated heterocycles. The van der Waals surface area contributed by atoms with Gasteiger partial charge in [0.25, 0.3) is 0 Å². The molecule has 28 heavy (non-hydrogen) atoms. The van der Waals surface area contributed by atoms with Gasteiger partial charge in [0.15, 0.2) is 0 Å². The van der Waals surface area contributed by atoms with Crippen molar-refractivity contribution in [1.82, 2.24) is 15.2 Å². The van der Waals surface area contributed by atoms with Gasteiger partial charge in [-0.3, -0.25) is 4.79 Å². The molecule has 0 radical (unpaired) electrons. The largest absolute Gasteiger partial charge is 0.476 e. The number of hydrogen-bond donors (Lipinski definition) is 1. The molecule has 1 N–H and O–H groups in total. The molecule has 1 fully saturated rings. The summed E-state index contributed by atoms with van der Waals surface area (Å²) in [5, 5.41) is 12.2. The monoisotopic (exact) mass is 394 g/mol. The molecular weight excluding hydrogens is 373 g/mol. The number of nitrogens with zero attached hydrogens (tertiary/aromatic N) is 3. The van der Waals surface area contributed by atoms with Gasteiger partial charge in [0.05, 0.1) is 24.2 Å². The van der Waals surface area contributed by atoms with Crippen molar-refractivity contribution in [3.05, 3.63) is 23.9 Å². The summed E-state index contributed by atoms with van der Waals surface area (Å²) in [6, 6.07) is 3.19. The van der Waals surface area contributed by atoms with Gasteiger partial charge >= 0.3 is 6.18 Å². The molecule has 0 aliphatic carbocycles. The zero-order valence-electron chi connectivity index (χ0n) is 15.6. The summed E-state index contributed by atoms with van der Waals surface area (Å²) in [4.78, 5) is 17.6. The van der Waals surface area contributed by atoms with Crippen LogP contribution in [0.15, 0.2) is 18.3 Å². The lowest BCUT2D eigenvalue weighted by Gasteiger charge is -2.29. The lowest BCUT2D eigenvalue weighted by atomic mass is 10.1. The van der Waals surface area contributed by atoms with Crippen molar-refractivity contribution in [1.29, 1.82) is 5.26 Å². The van der Waals surface area contributed by atoms with Crippen LogP contribution < -0.4 is 10.1 Å². The number of likely N-dealkylation sites (tertiary alicyclic amines) is 1. The first-order valence-electron chi connectivity index (χ1n) is 8.65. The Morgan fingerprint density at radius 1 is 1.39 bits per heavy atom. The van der Waals surface area contributed by atoms with Gasteiger partial charge < -0.3 is 15.0 Å². The van der Waals surface area contributed by atoms with Crippen LogP contribution in [0.2, 0.25) is 0 Å². The van der Waals surface area contributed by atoms with Gasteiger partial charge in [0, 0.05) is 17.8 Å². The number of alkyl halides is 3. The van der Waals surface area contributed by atoms with Gasteiger partial charge in [-0.15, -0.1) is 6.42 Å². The highest BCUT2D eigenvalue weighted by Gasteiger charge is 2.36. The summed E-state index contributed by atoms with van der Waals surface area (Å²) < 4.78 is 43.1. The van der Waals surface area contributed by atoms with E-state index in [2.05, 4.69) is 22.3 Å². The Kier molecular flexibility index (Phi) is 6.52. The SMILES string of the molecule is C#CC1CC[C@@H](C#N)N1C(=O)CNC(C)(C)COc1ccc(C(F)(F)F)cn1. The molecule has 0 aromatic carbocycles. The third kappa shape index (κ3) is 5.37. The molecule has 1 unspecified atom stereocenters. The van der Waals surface area contributed by atoms with Gasteiger partial charge in [-0.25, -0.2) is 4.98 Å². The second kappa shape index (κ2) is 8.49. The van der Waals surface area contributed by atoms with Crippen LogP contribution in [-0.4, -0.2) is 46.6 Å². The standard InChI is InChI=1S/C19H21F3N4O2/c1-4-14-6-7-15(9-23)26(14)17(27)11-25-18(2,3)12-28-16-8-5-13(10-24-16)19(20,21)22/h1,5,8,10,14-15,25H,6-7,11-12H2,2-3H3/t14?,15-/m0/s1. The maximum absolute atomic E-state index is 12.5. The van der Waals surface area contributed by atoms with Crippen LogP contribution >= 0.6 is 0 Å². The number of carbonyl (C=O) groups is 1. The Hall–Kier alpha value is -2.78. The molecule has 1 aliphatic heterocycles. The number of aromatic nitrogens is 1.